The summed E-state index contributed by atoms with van der Waals surface area (Å²) in [5.41, 5.74) is 6.88. The van der Waals surface area contributed by atoms with Gasteiger partial charge >= 0.3 is 0 Å². The molecule has 1 aromatic rings. The molecule has 1 aliphatic rings. The van der Waals surface area contributed by atoms with Crippen LogP contribution in [0.25, 0.3) is 0 Å². The average Bonchev–Trinajstić information content (AvgIpc) is 2.39. The topological polar surface area (TPSA) is 52.3 Å². The molecule has 1 saturated heterocycles. The van der Waals surface area contributed by atoms with Gasteiger partial charge in [0, 0.05) is 19.1 Å². The van der Waals surface area contributed by atoms with E-state index >= 15 is 0 Å². The Morgan fingerprint density at radius 1 is 1.25 bits per heavy atom. The van der Waals surface area contributed by atoms with Gasteiger partial charge in [0.15, 0.2) is 5.78 Å². The van der Waals surface area contributed by atoms with Crippen molar-refractivity contribution >= 4 is 5.78 Å². The van der Waals surface area contributed by atoms with Gasteiger partial charge in [-0.1, -0.05) is 30.3 Å². The van der Waals surface area contributed by atoms with E-state index in [9.17, 15) is 4.79 Å². The van der Waals surface area contributed by atoms with Gasteiger partial charge in [0.05, 0.1) is 6.04 Å². The number of hydrogen-bond donors (Lipinski definition) is 1. The zero-order valence-corrected chi connectivity index (χ0v) is 9.26. The van der Waals surface area contributed by atoms with Crippen LogP contribution in [0, 0.1) is 5.92 Å². The van der Waals surface area contributed by atoms with Crippen LogP contribution in [0.15, 0.2) is 30.3 Å². The zero-order chi connectivity index (χ0) is 11.4. The minimum atomic E-state index is -0.482. The molecule has 0 spiro atoms. The molecule has 0 radical (unpaired) electrons. The molecule has 16 heavy (non-hydrogen) atoms. The third kappa shape index (κ3) is 2.49. The molecule has 1 fully saturated rings. The van der Waals surface area contributed by atoms with Crippen LogP contribution >= 0.6 is 0 Å². The molecule has 86 valence electrons. The molecule has 1 heterocycles. The van der Waals surface area contributed by atoms with E-state index in [1.165, 1.54) is 0 Å². The molecule has 2 rings (SSSR count). The Bertz CT molecular complexity index is 344. The summed E-state index contributed by atoms with van der Waals surface area (Å²) in [6.45, 7) is 1.36. The lowest BCUT2D eigenvalue weighted by Gasteiger charge is -2.23. The molecular formula is C13H17NO2. The molecule has 1 atom stereocenters. The van der Waals surface area contributed by atoms with Gasteiger partial charge in [-0.05, 0) is 18.4 Å². The summed E-state index contributed by atoms with van der Waals surface area (Å²) in [5.74, 6) is 0.221. The highest BCUT2D eigenvalue weighted by molar-refractivity contribution is 5.87. The Kier molecular flexibility index (Phi) is 3.70. The fourth-order valence-electron chi connectivity index (χ4n) is 2.06. The predicted molar refractivity (Wildman–Crippen MR) is 61.9 cm³/mol. The van der Waals surface area contributed by atoms with Gasteiger partial charge in [-0.2, -0.15) is 0 Å². The number of Topliss-reactive ketones (excluding diaryl/α,β-unsaturated/α-hetero) is 1. The third-order valence-corrected chi connectivity index (χ3v) is 3.09. The zero-order valence-electron chi connectivity index (χ0n) is 9.26. The summed E-state index contributed by atoms with van der Waals surface area (Å²) in [6, 6.07) is 9.07. The highest BCUT2D eigenvalue weighted by Crippen LogP contribution is 2.22. The number of hydrogen-bond acceptors (Lipinski definition) is 3. The van der Waals surface area contributed by atoms with Gasteiger partial charge in [-0.25, -0.2) is 0 Å². The van der Waals surface area contributed by atoms with Crippen molar-refractivity contribution in [3.05, 3.63) is 35.9 Å². The van der Waals surface area contributed by atoms with Crippen LogP contribution in [-0.4, -0.2) is 19.0 Å². The first-order chi connectivity index (χ1) is 7.79. The monoisotopic (exact) mass is 219 g/mol. The van der Waals surface area contributed by atoms with Crippen LogP contribution < -0.4 is 5.73 Å². The largest absolute Gasteiger partial charge is 0.381 e. The van der Waals surface area contributed by atoms with E-state index in [0.717, 1.165) is 18.4 Å². The van der Waals surface area contributed by atoms with E-state index in [2.05, 4.69) is 0 Å². The molecule has 0 aromatic heterocycles. The molecule has 1 aromatic carbocycles. The lowest BCUT2D eigenvalue weighted by Crippen LogP contribution is -2.31. The van der Waals surface area contributed by atoms with Gasteiger partial charge in [0.25, 0.3) is 0 Å². The van der Waals surface area contributed by atoms with Crippen LogP contribution in [0.5, 0.6) is 0 Å². The van der Waals surface area contributed by atoms with E-state index in [-0.39, 0.29) is 11.7 Å². The fourth-order valence-corrected chi connectivity index (χ4v) is 2.06. The molecule has 0 amide bonds. The summed E-state index contributed by atoms with van der Waals surface area (Å²) < 4.78 is 5.24. The van der Waals surface area contributed by atoms with E-state index in [1.54, 1.807) is 0 Å². The van der Waals surface area contributed by atoms with Crippen LogP contribution in [-0.2, 0) is 9.53 Å². The average molecular weight is 219 g/mol. The Morgan fingerprint density at radius 2 is 1.88 bits per heavy atom. The van der Waals surface area contributed by atoms with Crippen molar-refractivity contribution in [1.82, 2.24) is 0 Å². The normalized spacial score (nSPS) is 19.3. The van der Waals surface area contributed by atoms with Gasteiger partial charge in [0.1, 0.15) is 0 Å². The number of carbonyl (C=O) groups is 1. The second-order valence-corrected chi connectivity index (χ2v) is 4.18. The summed E-state index contributed by atoms with van der Waals surface area (Å²) in [4.78, 5) is 12.1. The SMILES string of the molecule is NC(C(=O)C1CCOCC1)c1ccccc1. The second-order valence-electron chi connectivity index (χ2n) is 4.18. The third-order valence-electron chi connectivity index (χ3n) is 3.09. The Balaban J connectivity index is 2.04. The number of ketones is 1. The Morgan fingerprint density at radius 3 is 2.50 bits per heavy atom. The van der Waals surface area contributed by atoms with E-state index in [1.807, 2.05) is 30.3 Å². The van der Waals surface area contributed by atoms with Crippen molar-refractivity contribution in [3.63, 3.8) is 0 Å². The lowest BCUT2D eigenvalue weighted by molar-refractivity contribution is -0.127. The first-order valence-corrected chi connectivity index (χ1v) is 5.71. The quantitative estimate of drug-likeness (QED) is 0.841. The number of carbonyl (C=O) groups excluding carboxylic acids is 1. The molecule has 3 heteroatoms. The van der Waals surface area contributed by atoms with Crippen LogP contribution in [0.2, 0.25) is 0 Å². The maximum absolute atomic E-state index is 12.1. The van der Waals surface area contributed by atoms with Crippen molar-refractivity contribution in [1.29, 1.82) is 0 Å². The standard InChI is InChI=1S/C13H17NO2/c14-12(10-4-2-1-3-5-10)13(15)11-6-8-16-9-7-11/h1-5,11-12H,6-9,14H2. The van der Waals surface area contributed by atoms with Crippen molar-refractivity contribution in [2.45, 2.75) is 18.9 Å². The maximum Gasteiger partial charge on any atom is 0.157 e. The molecule has 3 nitrogen and oxygen atoms in total. The summed E-state index contributed by atoms with van der Waals surface area (Å²) >= 11 is 0. The van der Waals surface area contributed by atoms with Gasteiger partial charge in [-0.15, -0.1) is 0 Å². The number of benzene rings is 1. The molecule has 0 aliphatic carbocycles. The number of nitrogens with two attached hydrogens (primary N) is 1. The van der Waals surface area contributed by atoms with Gasteiger partial charge < -0.3 is 10.5 Å². The molecule has 1 unspecified atom stereocenters. The predicted octanol–water partition coefficient (Wildman–Crippen LogP) is 1.68. The van der Waals surface area contributed by atoms with E-state index in [4.69, 9.17) is 10.5 Å². The molecule has 0 bridgehead atoms. The van der Waals surface area contributed by atoms with Crippen molar-refractivity contribution in [2.75, 3.05) is 13.2 Å². The molecule has 0 saturated carbocycles. The van der Waals surface area contributed by atoms with E-state index in [0.29, 0.717) is 13.2 Å². The van der Waals surface area contributed by atoms with Crippen LogP contribution in [0.3, 0.4) is 0 Å². The summed E-state index contributed by atoms with van der Waals surface area (Å²) in [5, 5.41) is 0. The molecular weight excluding hydrogens is 202 g/mol. The smallest absolute Gasteiger partial charge is 0.157 e. The lowest BCUT2D eigenvalue weighted by atomic mass is 9.88. The number of ether oxygens (including phenoxy) is 1. The Labute approximate surface area is 95.6 Å². The maximum atomic E-state index is 12.1. The van der Waals surface area contributed by atoms with Gasteiger partial charge in [-0.3, -0.25) is 4.79 Å². The molecule has 2 N–H and O–H groups in total. The summed E-state index contributed by atoms with van der Waals surface area (Å²) in [7, 11) is 0. The minimum absolute atomic E-state index is 0.0731. The van der Waals surface area contributed by atoms with Crippen molar-refractivity contribution < 1.29 is 9.53 Å². The highest BCUT2D eigenvalue weighted by Gasteiger charge is 2.26. The number of rotatable bonds is 3. The Hall–Kier alpha value is -1.19. The van der Waals surface area contributed by atoms with E-state index < -0.39 is 6.04 Å². The van der Waals surface area contributed by atoms with Crippen LogP contribution in [0.1, 0.15) is 24.4 Å². The first-order valence-electron chi connectivity index (χ1n) is 5.71. The summed E-state index contributed by atoms with van der Waals surface area (Å²) in [6.07, 6.45) is 1.61. The van der Waals surface area contributed by atoms with Crippen molar-refractivity contribution in [3.8, 4) is 0 Å². The van der Waals surface area contributed by atoms with Gasteiger partial charge in [0.2, 0.25) is 0 Å². The second kappa shape index (κ2) is 5.23. The molecule has 1 aliphatic heterocycles. The van der Waals surface area contributed by atoms with Crippen molar-refractivity contribution in [2.24, 2.45) is 11.7 Å². The minimum Gasteiger partial charge on any atom is -0.381 e. The fraction of sp³-hybridized carbons (Fsp3) is 0.462. The highest BCUT2D eigenvalue weighted by atomic mass is 16.5. The van der Waals surface area contributed by atoms with Crippen LogP contribution in [0.4, 0.5) is 0 Å². The first kappa shape index (κ1) is 11.3.